The molecule has 26 heavy (non-hydrogen) atoms. The zero-order chi connectivity index (χ0) is 18.9. The molecule has 0 amide bonds. The maximum atomic E-state index is 14.6. The minimum absolute atomic E-state index is 0.115. The molecule has 0 aromatic rings. The Morgan fingerprint density at radius 3 is 2.50 bits per heavy atom. The van der Waals surface area contributed by atoms with E-state index in [1.165, 1.54) is 6.08 Å². The third-order valence-corrected chi connectivity index (χ3v) is 7.41. The van der Waals surface area contributed by atoms with Gasteiger partial charge in [-0.05, 0) is 73.0 Å². The molecule has 0 heterocycles. The van der Waals surface area contributed by atoms with Gasteiger partial charge in [-0.15, -0.1) is 0 Å². The van der Waals surface area contributed by atoms with E-state index in [1.807, 2.05) is 0 Å². The van der Waals surface area contributed by atoms with Crippen LogP contribution in [0.3, 0.4) is 0 Å². The highest BCUT2D eigenvalue weighted by Crippen LogP contribution is 2.64. The second-order valence-electron chi connectivity index (χ2n) is 8.75. The predicted octanol–water partition coefficient (Wildman–Crippen LogP) is 6.01. The van der Waals surface area contributed by atoms with Gasteiger partial charge in [0.1, 0.15) is 0 Å². The van der Waals surface area contributed by atoms with Gasteiger partial charge in [0, 0.05) is 12.3 Å². The molecule has 0 aromatic heterocycles. The van der Waals surface area contributed by atoms with Crippen LogP contribution in [0.15, 0.2) is 22.8 Å². The normalized spacial score (nSPS) is 37.8. The number of fused-ring (bicyclic) bond motifs is 4. The largest absolute Gasteiger partial charge is 0.453 e. The Bertz CT molecular complexity index is 701. The molecule has 2 fully saturated rings. The smallest absolute Gasteiger partial charge is 0.295 e. The summed E-state index contributed by atoms with van der Waals surface area (Å²) in [5.41, 5.74) is 2.01. The lowest BCUT2D eigenvalue weighted by Gasteiger charge is -2.52. The lowest BCUT2D eigenvalue weighted by Crippen LogP contribution is -2.52. The van der Waals surface area contributed by atoms with Crippen LogP contribution < -0.4 is 0 Å². The molecule has 4 rings (SSSR count). The van der Waals surface area contributed by atoms with E-state index < -0.39 is 23.9 Å². The average molecular weight is 374 g/mol. The van der Waals surface area contributed by atoms with Crippen LogP contribution in [0.1, 0.15) is 58.3 Å². The average Bonchev–Trinajstić information content (AvgIpc) is 2.94. The van der Waals surface area contributed by atoms with Crippen LogP contribution >= 0.6 is 0 Å². The highest BCUT2D eigenvalue weighted by molar-refractivity contribution is 5.93. The van der Waals surface area contributed by atoms with Crippen molar-refractivity contribution in [3.8, 4) is 0 Å². The second-order valence-corrected chi connectivity index (χ2v) is 8.75. The first-order chi connectivity index (χ1) is 12.0. The molecule has 0 N–H and O–H groups in total. The molecule has 6 heteroatoms. The molecule has 4 aliphatic carbocycles. The molecule has 4 aliphatic rings. The van der Waals surface area contributed by atoms with Crippen molar-refractivity contribution in [3.05, 3.63) is 22.8 Å². The Hall–Kier alpha value is -1.20. The summed E-state index contributed by atoms with van der Waals surface area (Å²) < 4.78 is 68.9. The zero-order valence-electron chi connectivity index (χ0n) is 14.8. The fourth-order valence-corrected chi connectivity index (χ4v) is 6.13. The first-order valence-electron chi connectivity index (χ1n) is 9.45. The van der Waals surface area contributed by atoms with Crippen LogP contribution in [0, 0.1) is 23.2 Å². The summed E-state index contributed by atoms with van der Waals surface area (Å²) in [6.07, 6.45) is 0.196. The van der Waals surface area contributed by atoms with E-state index in [0.717, 1.165) is 36.8 Å². The lowest BCUT2D eigenvalue weighted by atomic mass is 9.54. The van der Waals surface area contributed by atoms with Crippen molar-refractivity contribution in [2.75, 3.05) is 0 Å². The van der Waals surface area contributed by atoms with Crippen molar-refractivity contribution in [1.82, 2.24) is 0 Å². The Balaban J connectivity index is 1.86. The second kappa shape index (κ2) is 5.65. The van der Waals surface area contributed by atoms with Gasteiger partial charge < -0.3 is 0 Å². The number of rotatable bonds is 1. The number of halogens is 5. The number of alkyl halides is 5. The molecule has 0 unspecified atom stereocenters. The van der Waals surface area contributed by atoms with Crippen LogP contribution in [0.4, 0.5) is 22.0 Å². The molecule has 0 aromatic carbocycles. The SMILES string of the molecule is C[C@@]12CCC[C@H]1[C@H]1C(=C3CCC(=O)C=C3C[C@@H]1C(F)(F)C(F)(F)F)CC2. The summed E-state index contributed by atoms with van der Waals surface area (Å²) >= 11 is 0. The maximum absolute atomic E-state index is 14.6. The van der Waals surface area contributed by atoms with Crippen molar-refractivity contribution >= 4 is 5.78 Å². The van der Waals surface area contributed by atoms with Crippen molar-refractivity contribution in [2.45, 2.75) is 70.4 Å². The Morgan fingerprint density at radius 2 is 1.81 bits per heavy atom. The van der Waals surface area contributed by atoms with E-state index in [0.29, 0.717) is 24.8 Å². The molecule has 0 spiro atoms. The summed E-state index contributed by atoms with van der Waals surface area (Å²) in [4.78, 5) is 11.8. The molecular weight excluding hydrogens is 351 g/mol. The Kier molecular flexibility index (Phi) is 3.95. The third-order valence-electron chi connectivity index (χ3n) is 7.41. The van der Waals surface area contributed by atoms with Crippen LogP contribution in [-0.4, -0.2) is 17.9 Å². The minimum Gasteiger partial charge on any atom is -0.295 e. The number of hydrogen-bond acceptors (Lipinski definition) is 1. The van der Waals surface area contributed by atoms with Gasteiger partial charge in [0.25, 0.3) is 0 Å². The summed E-state index contributed by atoms with van der Waals surface area (Å²) in [6.45, 7) is 2.06. The van der Waals surface area contributed by atoms with Crippen molar-refractivity contribution in [2.24, 2.45) is 23.2 Å². The van der Waals surface area contributed by atoms with Gasteiger partial charge >= 0.3 is 12.1 Å². The van der Waals surface area contributed by atoms with E-state index >= 15 is 0 Å². The van der Waals surface area contributed by atoms with E-state index in [4.69, 9.17) is 0 Å². The first kappa shape index (κ1) is 18.2. The summed E-state index contributed by atoms with van der Waals surface area (Å²) in [6, 6.07) is 0. The molecule has 0 bridgehead atoms. The van der Waals surface area contributed by atoms with Crippen molar-refractivity contribution in [1.29, 1.82) is 0 Å². The molecule has 0 aliphatic heterocycles. The van der Waals surface area contributed by atoms with E-state index in [9.17, 15) is 26.7 Å². The fraction of sp³-hybridized carbons (Fsp3) is 0.750. The lowest BCUT2D eigenvalue weighted by molar-refractivity contribution is -0.310. The van der Waals surface area contributed by atoms with Gasteiger partial charge in [-0.2, -0.15) is 22.0 Å². The summed E-state index contributed by atoms with van der Waals surface area (Å²) in [5.74, 6) is -7.53. The molecule has 0 radical (unpaired) electrons. The molecular formula is C20H23F5O. The number of ketones is 1. The van der Waals surface area contributed by atoms with Crippen LogP contribution in [0.5, 0.6) is 0 Å². The van der Waals surface area contributed by atoms with Crippen molar-refractivity contribution < 1.29 is 26.7 Å². The van der Waals surface area contributed by atoms with Gasteiger partial charge in [-0.1, -0.05) is 18.9 Å². The summed E-state index contributed by atoms with van der Waals surface area (Å²) in [5, 5.41) is 0. The number of hydrogen-bond donors (Lipinski definition) is 0. The van der Waals surface area contributed by atoms with E-state index in [2.05, 4.69) is 6.92 Å². The van der Waals surface area contributed by atoms with Gasteiger partial charge in [0.2, 0.25) is 0 Å². The molecule has 2 saturated carbocycles. The summed E-state index contributed by atoms with van der Waals surface area (Å²) in [7, 11) is 0. The number of carbonyl (C=O) groups excluding carboxylic acids is 1. The van der Waals surface area contributed by atoms with E-state index in [-0.39, 0.29) is 23.5 Å². The van der Waals surface area contributed by atoms with Crippen LogP contribution in [0.2, 0.25) is 0 Å². The van der Waals surface area contributed by atoms with E-state index in [1.54, 1.807) is 0 Å². The van der Waals surface area contributed by atoms with Gasteiger partial charge in [-0.3, -0.25) is 4.79 Å². The number of allylic oxidation sites excluding steroid dienone is 4. The standard InChI is InChI=1S/C20H23F5O/c1-18-7-2-3-15(18)17-14(6-8-18)13-5-4-12(26)9-11(13)10-16(17)19(21,22)20(23,24)25/h9,15-17H,2-8,10H2,1H3/t15-,16-,17+,18-/m0/s1. The zero-order valence-corrected chi connectivity index (χ0v) is 14.8. The van der Waals surface area contributed by atoms with Gasteiger partial charge in [0.15, 0.2) is 5.78 Å². The Morgan fingerprint density at radius 1 is 1.08 bits per heavy atom. The predicted molar refractivity (Wildman–Crippen MR) is 86.6 cm³/mol. The monoisotopic (exact) mass is 374 g/mol. The number of carbonyl (C=O) groups is 1. The highest BCUT2D eigenvalue weighted by Gasteiger charge is 2.67. The van der Waals surface area contributed by atoms with Crippen LogP contribution in [0.25, 0.3) is 0 Å². The highest BCUT2D eigenvalue weighted by atomic mass is 19.4. The molecule has 1 nitrogen and oxygen atoms in total. The molecule has 4 atom stereocenters. The first-order valence-corrected chi connectivity index (χ1v) is 9.45. The Labute approximate surface area is 149 Å². The molecule has 0 saturated heterocycles. The fourth-order valence-electron chi connectivity index (χ4n) is 6.13. The quantitative estimate of drug-likeness (QED) is 0.514. The minimum atomic E-state index is -5.56. The van der Waals surface area contributed by atoms with Gasteiger partial charge in [0.05, 0.1) is 0 Å². The third kappa shape index (κ3) is 2.50. The topological polar surface area (TPSA) is 17.1 Å². The van der Waals surface area contributed by atoms with Crippen LogP contribution in [-0.2, 0) is 4.79 Å². The molecule has 144 valence electrons. The van der Waals surface area contributed by atoms with Gasteiger partial charge in [-0.25, -0.2) is 0 Å². The van der Waals surface area contributed by atoms with Crippen molar-refractivity contribution in [3.63, 3.8) is 0 Å². The maximum Gasteiger partial charge on any atom is 0.453 e.